The van der Waals surface area contributed by atoms with Crippen LogP contribution in [-0.4, -0.2) is 18.7 Å². The van der Waals surface area contributed by atoms with Gasteiger partial charge in [-0.25, -0.2) is 0 Å². The fraction of sp³-hybridized carbons (Fsp3) is 0.571. The number of ether oxygens (including phenoxy) is 1. The van der Waals surface area contributed by atoms with E-state index >= 15 is 0 Å². The van der Waals surface area contributed by atoms with Gasteiger partial charge in [0, 0.05) is 6.54 Å². The summed E-state index contributed by atoms with van der Waals surface area (Å²) in [4.78, 5) is 0. The number of hydrogen-bond donors (Lipinski definition) is 2. The van der Waals surface area contributed by atoms with Crippen molar-refractivity contribution < 1.29 is 4.74 Å². The zero-order chi connectivity index (χ0) is 12.6. The molecule has 0 aromatic heterocycles. The van der Waals surface area contributed by atoms with E-state index in [0.29, 0.717) is 6.54 Å². The zero-order valence-corrected chi connectivity index (χ0v) is 11.1. The van der Waals surface area contributed by atoms with E-state index in [2.05, 4.69) is 45.1 Å². The summed E-state index contributed by atoms with van der Waals surface area (Å²) in [5, 5.41) is 3.47. The van der Waals surface area contributed by atoms with Gasteiger partial charge >= 0.3 is 0 Å². The normalized spacial score (nSPS) is 23.6. The second kappa shape index (κ2) is 4.22. The van der Waals surface area contributed by atoms with Gasteiger partial charge in [-0.05, 0) is 30.0 Å². The van der Waals surface area contributed by atoms with Crippen LogP contribution in [0.4, 0.5) is 5.69 Å². The minimum absolute atomic E-state index is 0.0583. The molecule has 1 aromatic rings. The molecule has 2 unspecified atom stereocenters. The van der Waals surface area contributed by atoms with Crippen LogP contribution in [0, 0.1) is 0 Å². The molecule has 0 radical (unpaired) electrons. The van der Waals surface area contributed by atoms with Crippen LogP contribution in [-0.2, 0) is 5.41 Å². The van der Waals surface area contributed by atoms with Gasteiger partial charge in [-0.15, -0.1) is 0 Å². The number of rotatable bonds is 1. The Hall–Kier alpha value is -1.22. The van der Waals surface area contributed by atoms with Crippen molar-refractivity contribution in [2.75, 3.05) is 11.9 Å². The van der Waals surface area contributed by atoms with E-state index < -0.39 is 0 Å². The zero-order valence-electron chi connectivity index (χ0n) is 11.1. The van der Waals surface area contributed by atoms with Crippen molar-refractivity contribution in [1.29, 1.82) is 0 Å². The molecule has 0 saturated carbocycles. The number of hydrogen-bond acceptors (Lipinski definition) is 3. The molecule has 17 heavy (non-hydrogen) atoms. The summed E-state index contributed by atoms with van der Waals surface area (Å²) in [6, 6.07) is 6.60. The number of nitrogens with one attached hydrogen (secondary N) is 1. The van der Waals surface area contributed by atoms with Gasteiger partial charge in [0.1, 0.15) is 11.9 Å². The monoisotopic (exact) mass is 234 g/mol. The minimum atomic E-state index is 0.0583. The largest absolute Gasteiger partial charge is 0.485 e. The first-order chi connectivity index (χ1) is 7.91. The van der Waals surface area contributed by atoms with Crippen LogP contribution in [0.1, 0.15) is 33.3 Å². The number of fused-ring (bicyclic) bond motifs is 1. The lowest BCUT2D eigenvalue weighted by atomic mass is 9.86. The molecule has 2 rings (SSSR count). The quantitative estimate of drug-likeness (QED) is 0.785. The van der Waals surface area contributed by atoms with Crippen LogP contribution in [0.25, 0.3) is 0 Å². The fourth-order valence-electron chi connectivity index (χ4n) is 2.07. The molecule has 2 atom stereocenters. The van der Waals surface area contributed by atoms with E-state index in [4.69, 9.17) is 10.5 Å². The Morgan fingerprint density at radius 3 is 2.65 bits per heavy atom. The SMILES string of the molecule is CC1Nc2cc(C(C)(C)C)ccc2OC1CN. The molecule has 94 valence electrons. The van der Waals surface area contributed by atoms with Crippen molar-refractivity contribution >= 4 is 5.69 Å². The van der Waals surface area contributed by atoms with Crippen LogP contribution in [0.5, 0.6) is 5.75 Å². The van der Waals surface area contributed by atoms with Crippen molar-refractivity contribution in [3.8, 4) is 5.75 Å². The summed E-state index contributed by atoms with van der Waals surface area (Å²) in [6.45, 7) is 9.28. The Balaban J connectivity index is 2.33. The lowest BCUT2D eigenvalue weighted by Crippen LogP contribution is -2.44. The minimum Gasteiger partial charge on any atom is -0.485 e. The third-order valence-electron chi connectivity index (χ3n) is 3.30. The Morgan fingerprint density at radius 2 is 2.06 bits per heavy atom. The van der Waals surface area contributed by atoms with Gasteiger partial charge in [-0.2, -0.15) is 0 Å². The van der Waals surface area contributed by atoms with Crippen LogP contribution >= 0.6 is 0 Å². The van der Waals surface area contributed by atoms with Gasteiger partial charge in [0.15, 0.2) is 0 Å². The predicted octanol–water partition coefficient (Wildman–Crippen LogP) is 2.50. The third kappa shape index (κ3) is 2.39. The topological polar surface area (TPSA) is 47.3 Å². The van der Waals surface area contributed by atoms with Gasteiger partial charge in [0.05, 0.1) is 11.7 Å². The average Bonchev–Trinajstić information content (AvgIpc) is 2.26. The van der Waals surface area contributed by atoms with E-state index in [9.17, 15) is 0 Å². The molecule has 0 aliphatic carbocycles. The molecule has 3 heteroatoms. The average molecular weight is 234 g/mol. The second-order valence-corrected chi connectivity index (χ2v) is 5.79. The first-order valence-electron chi connectivity index (χ1n) is 6.19. The second-order valence-electron chi connectivity index (χ2n) is 5.79. The highest BCUT2D eigenvalue weighted by atomic mass is 16.5. The molecule has 1 heterocycles. The molecular weight excluding hydrogens is 212 g/mol. The van der Waals surface area contributed by atoms with E-state index in [1.807, 2.05) is 6.07 Å². The molecule has 3 N–H and O–H groups in total. The molecule has 0 bridgehead atoms. The van der Waals surface area contributed by atoms with Crippen LogP contribution in [0.15, 0.2) is 18.2 Å². The maximum absolute atomic E-state index is 5.87. The Labute approximate surface area is 103 Å². The summed E-state index contributed by atoms with van der Waals surface area (Å²) < 4.78 is 5.87. The van der Waals surface area contributed by atoms with Crippen molar-refractivity contribution in [3.05, 3.63) is 23.8 Å². The molecule has 0 fully saturated rings. The highest BCUT2D eigenvalue weighted by Crippen LogP contribution is 2.35. The van der Waals surface area contributed by atoms with Crippen molar-refractivity contribution in [2.24, 2.45) is 5.73 Å². The van der Waals surface area contributed by atoms with E-state index in [-0.39, 0.29) is 17.6 Å². The molecule has 0 spiro atoms. The smallest absolute Gasteiger partial charge is 0.143 e. The first kappa shape index (κ1) is 12.2. The summed E-state index contributed by atoms with van der Waals surface area (Å²) in [6.07, 6.45) is 0.0583. The number of benzene rings is 1. The van der Waals surface area contributed by atoms with Gasteiger partial charge in [-0.1, -0.05) is 26.8 Å². The summed E-state index contributed by atoms with van der Waals surface area (Å²) in [5.41, 5.74) is 8.23. The highest BCUT2D eigenvalue weighted by Gasteiger charge is 2.26. The van der Waals surface area contributed by atoms with Gasteiger partial charge in [-0.3, -0.25) is 0 Å². The fourth-order valence-corrected chi connectivity index (χ4v) is 2.07. The Bertz CT molecular complexity index is 409. The number of nitrogens with two attached hydrogens (primary N) is 1. The van der Waals surface area contributed by atoms with Gasteiger partial charge in [0.25, 0.3) is 0 Å². The summed E-state index contributed by atoms with van der Waals surface area (Å²) in [5.74, 6) is 0.909. The van der Waals surface area contributed by atoms with E-state index in [1.54, 1.807) is 0 Å². The number of anilines is 1. The molecule has 1 aliphatic heterocycles. The van der Waals surface area contributed by atoms with Gasteiger partial charge < -0.3 is 15.8 Å². The predicted molar refractivity (Wildman–Crippen MR) is 71.7 cm³/mol. The summed E-state index contributed by atoms with van der Waals surface area (Å²) >= 11 is 0. The van der Waals surface area contributed by atoms with Crippen LogP contribution in [0.3, 0.4) is 0 Å². The van der Waals surface area contributed by atoms with Crippen molar-refractivity contribution in [1.82, 2.24) is 0 Å². The Morgan fingerprint density at radius 1 is 1.35 bits per heavy atom. The first-order valence-corrected chi connectivity index (χ1v) is 6.19. The molecule has 3 nitrogen and oxygen atoms in total. The van der Waals surface area contributed by atoms with Gasteiger partial charge in [0.2, 0.25) is 0 Å². The van der Waals surface area contributed by atoms with E-state index in [0.717, 1.165) is 11.4 Å². The lowest BCUT2D eigenvalue weighted by molar-refractivity contribution is 0.182. The maximum Gasteiger partial charge on any atom is 0.143 e. The highest BCUT2D eigenvalue weighted by molar-refractivity contribution is 5.61. The van der Waals surface area contributed by atoms with Crippen LogP contribution in [0.2, 0.25) is 0 Å². The van der Waals surface area contributed by atoms with E-state index in [1.165, 1.54) is 5.56 Å². The summed E-state index contributed by atoms with van der Waals surface area (Å²) in [7, 11) is 0. The van der Waals surface area contributed by atoms with Crippen molar-refractivity contribution in [3.63, 3.8) is 0 Å². The molecule has 0 amide bonds. The molecule has 1 aromatic carbocycles. The lowest BCUT2D eigenvalue weighted by Gasteiger charge is -2.33. The van der Waals surface area contributed by atoms with Crippen LogP contribution < -0.4 is 15.8 Å². The Kier molecular flexibility index (Phi) is 3.04. The maximum atomic E-state index is 5.87. The molecule has 0 saturated heterocycles. The molecule has 1 aliphatic rings. The third-order valence-corrected chi connectivity index (χ3v) is 3.30. The van der Waals surface area contributed by atoms with Crippen molar-refractivity contribution in [2.45, 2.75) is 45.3 Å². The molecular formula is C14H22N2O. The standard InChI is InChI=1S/C14H22N2O/c1-9-13(8-15)17-12-6-5-10(14(2,3)4)7-11(12)16-9/h5-7,9,13,16H,8,15H2,1-4H3.